The molecule has 2 atom stereocenters. The summed E-state index contributed by atoms with van der Waals surface area (Å²) in [4.78, 5) is 4.44. The molecule has 2 unspecified atom stereocenters. The average molecular weight is 160 g/mol. The highest BCUT2D eigenvalue weighted by Gasteiger charge is 2.36. The van der Waals surface area contributed by atoms with E-state index >= 15 is 0 Å². The second kappa shape index (κ2) is 2.30. The molecule has 0 amide bonds. The molecule has 1 saturated heterocycles. The molecule has 2 heterocycles. The van der Waals surface area contributed by atoms with E-state index in [2.05, 4.69) is 16.4 Å². The van der Waals surface area contributed by atoms with Crippen LogP contribution >= 0.6 is 0 Å². The number of hydrogen-bond donors (Lipinski definition) is 1. The minimum absolute atomic E-state index is 0.571. The first-order valence-electron chi connectivity index (χ1n) is 4.62. The lowest BCUT2D eigenvalue weighted by Gasteiger charge is -2.07. The quantitative estimate of drug-likeness (QED) is 0.618. The highest BCUT2D eigenvalue weighted by molar-refractivity contribution is 5.30. The topological polar surface area (TPSA) is 24.9 Å². The second-order valence-corrected chi connectivity index (χ2v) is 3.73. The van der Waals surface area contributed by atoms with Gasteiger partial charge in [-0.05, 0) is 36.9 Å². The zero-order valence-corrected chi connectivity index (χ0v) is 6.96. The molecule has 1 fully saturated rings. The Morgan fingerprint density at radius 1 is 1.50 bits per heavy atom. The van der Waals surface area contributed by atoms with Crippen LogP contribution in [0.3, 0.4) is 0 Å². The molecule has 1 aliphatic heterocycles. The summed E-state index contributed by atoms with van der Waals surface area (Å²) in [6.45, 7) is 1.17. The van der Waals surface area contributed by atoms with Gasteiger partial charge in [-0.3, -0.25) is 4.98 Å². The number of aromatic nitrogens is 1. The summed E-state index contributed by atoms with van der Waals surface area (Å²) in [7, 11) is 0. The van der Waals surface area contributed by atoms with Crippen LogP contribution in [-0.2, 0) is 6.42 Å². The normalized spacial score (nSPS) is 31.7. The summed E-state index contributed by atoms with van der Waals surface area (Å²) in [6.07, 6.45) is 4.46. The van der Waals surface area contributed by atoms with Crippen LogP contribution in [0.2, 0.25) is 0 Å². The van der Waals surface area contributed by atoms with Crippen LogP contribution in [0.25, 0.3) is 0 Å². The van der Waals surface area contributed by atoms with E-state index < -0.39 is 0 Å². The van der Waals surface area contributed by atoms with Crippen molar-refractivity contribution in [1.29, 1.82) is 0 Å². The molecule has 0 saturated carbocycles. The molecule has 2 aliphatic rings. The van der Waals surface area contributed by atoms with Crippen molar-refractivity contribution in [3.05, 3.63) is 29.6 Å². The molecule has 1 aromatic heterocycles. The van der Waals surface area contributed by atoms with Crippen molar-refractivity contribution in [2.45, 2.75) is 18.9 Å². The largest absolute Gasteiger partial charge is 0.308 e. The van der Waals surface area contributed by atoms with Gasteiger partial charge in [0.15, 0.2) is 0 Å². The lowest BCUT2D eigenvalue weighted by Crippen LogP contribution is -2.14. The standard InChI is InChI=1S/C10H12N2/c1-2-7-6-8-3-5-12-10(8)9(7)11-4-1/h1-2,4,8,10,12H,3,5-6H2. The van der Waals surface area contributed by atoms with Gasteiger partial charge in [0.25, 0.3) is 0 Å². The Balaban J connectivity index is 2.09. The Kier molecular flexibility index (Phi) is 1.27. The zero-order valence-electron chi connectivity index (χ0n) is 6.96. The molecule has 1 N–H and O–H groups in total. The molecule has 0 radical (unpaired) electrons. The summed E-state index contributed by atoms with van der Waals surface area (Å²) >= 11 is 0. The van der Waals surface area contributed by atoms with Crippen LogP contribution in [0.15, 0.2) is 18.3 Å². The van der Waals surface area contributed by atoms with Crippen LogP contribution < -0.4 is 5.32 Å². The third kappa shape index (κ3) is 0.758. The van der Waals surface area contributed by atoms with Gasteiger partial charge in [0.05, 0.1) is 11.7 Å². The van der Waals surface area contributed by atoms with Crippen LogP contribution in [0.5, 0.6) is 0 Å². The van der Waals surface area contributed by atoms with E-state index in [0.29, 0.717) is 6.04 Å². The van der Waals surface area contributed by atoms with Gasteiger partial charge < -0.3 is 5.32 Å². The fraction of sp³-hybridized carbons (Fsp3) is 0.500. The van der Waals surface area contributed by atoms with Gasteiger partial charge in [-0.15, -0.1) is 0 Å². The lowest BCUT2D eigenvalue weighted by atomic mass is 10.0. The SMILES string of the molecule is c1cnc2c(c1)CC1CCNC21. The number of rotatable bonds is 0. The van der Waals surface area contributed by atoms with E-state index in [0.717, 1.165) is 5.92 Å². The average Bonchev–Trinajstić information content (AvgIpc) is 2.62. The highest BCUT2D eigenvalue weighted by Crippen LogP contribution is 2.39. The molecular formula is C10H12N2. The van der Waals surface area contributed by atoms with Crippen LogP contribution in [0.1, 0.15) is 23.7 Å². The van der Waals surface area contributed by atoms with Crippen molar-refractivity contribution in [3.8, 4) is 0 Å². The molecule has 2 nitrogen and oxygen atoms in total. The third-order valence-corrected chi connectivity index (χ3v) is 3.05. The fourth-order valence-electron chi connectivity index (χ4n) is 2.48. The first-order valence-corrected chi connectivity index (χ1v) is 4.62. The number of pyridine rings is 1. The predicted molar refractivity (Wildman–Crippen MR) is 46.8 cm³/mol. The number of fused-ring (bicyclic) bond motifs is 3. The Morgan fingerprint density at radius 3 is 3.50 bits per heavy atom. The monoisotopic (exact) mass is 160 g/mol. The Morgan fingerprint density at radius 2 is 2.50 bits per heavy atom. The van der Waals surface area contributed by atoms with Gasteiger partial charge in [-0.2, -0.15) is 0 Å². The molecule has 2 heteroatoms. The maximum atomic E-state index is 4.44. The van der Waals surface area contributed by atoms with E-state index in [-0.39, 0.29) is 0 Å². The van der Waals surface area contributed by atoms with E-state index in [1.54, 1.807) is 0 Å². The molecule has 62 valence electrons. The van der Waals surface area contributed by atoms with E-state index in [1.165, 1.54) is 30.6 Å². The van der Waals surface area contributed by atoms with Crippen molar-refractivity contribution < 1.29 is 0 Å². The molecular weight excluding hydrogens is 148 g/mol. The van der Waals surface area contributed by atoms with E-state index in [9.17, 15) is 0 Å². The van der Waals surface area contributed by atoms with Gasteiger partial charge >= 0.3 is 0 Å². The summed E-state index contributed by atoms with van der Waals surface area (Å²) in [5.41, 5.74) is 2.76. The summed E-state index contributed by atoms with van der Waals surface area (Å²) in [6, 6.07) is 4.82. The molecule has 3 rings (SSSR count). The van der Waals surface area contributed by atoms with Crippen molar-refractivity contribution >= 4 is 0 Å². The third-order valence-electron chi connectivity index (χ3n) is 3.05. The first-order chi connectivity index (χ1) is 5.95. The van der Waals surface area contributed by atoms with Gasteiger partial charge in [0.1, 0.15) is 0 Å². The minimum atomic E-state index is 0.571. The molecule has 1 aliphatic carbocycles. The molecule has 0 bridgehead atoms. The second-order valence-electron chi connectivity index (χ2n) is 3.73. The Labute approximate surface area is 72.0 Å². The molecule has 1 aromatic rings. The van der Waals surface area contributed by atoms with Gasteiger partial charge in [0.2, 0.25) is 0 Å². The van der Waals surface area contributed by atoms with Gasteiger partial charge in [-0.1, -0.05) is 6.07 Å². The van der Waals surface area contributed by atoms with Crippen molar-refractivity contribution in [3.63, 3.8) is 0 Å². The zero-order chi connectivity index (χ0) is 7.97. The number of nitrogens with zero attached hydrogens (tertiary/aromatic N) is 1. The van der Waals surface area contributed by atoms with Crippen LogP contribution in [-0.4, -0.2) is 11.5 Å². The predicted octanol–water partition coefficient (Wildman–Crippen LogP) is 1.29. The van der Waals surface area contributed by atoms with E-state index in [4.69, 9.17) is 0 Å². The van der Waals surface area contributed by atoms with Crippen molar-refractivity contribution in [2.24, 2.45) is 5.92 Å². The smallest absolute Gasteiger partial charge is 0.0608 e. The van der Waals surface area contributed by atoms with Gasteiger partial charge in [-0.25, -0.2) is 0 Å². The summed E-state index contributed by atoms with van der Waals surface area (Å²) in [5, 5.41) is 3.51. The minimum Gasteiger partial charge on any atom is -0.308 e. The van der Waals surface area contributed by atoms with Crippen LogP contribution in [0.4, 0.5) is 0 Å². The van der Waals surface area contributed by atoms with Gasteiger partial charge in [0, 0.05) is 6.20 Å². The van der Waals surface area contributed by atoms with Crippen molar-refractivity contribution in [2.75, 3.05) is 6.54 Å². The fourth-order valence-corrected chi connectivity index (χ4v) is 2.48. The number of nitrogens with one attached hydrogen (secondary N) is 1. The van der Waals surface area contributed by atoms with Crippen molar-refractivity contribution in [1.82, 2.24) is 10.3 Å². The first kappa shape index (κ1) is 6.61. The molecule has 0 spiro atoms. The van der Waals surface area contributed by atoms with E-state index in [1.807, 2.05) is 12.3 Å². The highest BCUT2D eigenvalue weighted by atomic mass is 15.0. The van der Waals surface area contributed by atoms with Crippen LogP contribution in [0, 0.1) is 5.92 Å². The lowest BCUT2D eigenvalue weighted by molar-refractivity contribution is 0.498. The molecule has 0 aromatic carbocycles. The maximum absolute atomic E-state index is 4.44. The Bertz CT molecular complexity index is 308. The number of hydrogen-bond acceptors (Lipinski definition) is 2. The Hall–Kier alpha value is -0.890. The summed E-state index contributed by atoms with van der Waals surface area (Å²) in [5.74, 6) is 0.829. The molecule has 12 heavy (non-hydrogen) atoms. The maximum Gasteiger partial charge on any atom is 0.0608 e. The summed E-state index contributed by atoms with van der Waals surface area (Å²) < 4.78 is 0.